The van der Waals surface area contributed by atoms with Crippen LogP contribution in [-0.4, -0.2) is 18.5 Å². The summed E-state index contributed by atoms with van der Waals surface area (Å²) in [4.78, 5) is 0. The fourth-order valence-corrected chi connectivity index (χ4v) is 1.46. The van der Waals surface area contributed by atoms with Gasteiger partial charge in [0.05, 0.1) is 12.7 Å². The Kier molecular flexibility index (Phi) is 2.50. The Bertz CT molecular complexity index is 152. The van der Waals surface area contributed by atoms with Gasteiger partial charge in [-0.25, -0.2) is 0 Å². The molecule has 0 radical (unpaired) electrons. The zero-order chi connectivity index (χ0) is 9.41. The molecule has 0 N–H and O–H groups in total. The van der Waals surface area contributed by atoms with Gasteiger partial charge in [0.25, 0.3) is 0 Å². The van der Waals surface area contributed by atoms with E-state index >= 15 is 0 Å². The Hall–Kier alpha value is -0.0800. The van der Waals surface area contributed by atoms with E-state index in [1.807, 2.05) is 13.8 Å². The quantitative estimate of drug-likeness (QED) is 0.559. The molecule has 1 heterocycles. The zero-order valence-corrected chi connectivity index (χ0v) is 8.81. The minimum Gasteiger partial charge on any atom is -0.350 e. The van der Waals surface area contributed by atoms with Crippen molar-refractivity contribution in [1.82, 2.24) is 0 Å². The standard InChI is InChI=1S/C10H20O2/c1-9(2,3)8-6-7-11-10(4,5)12-8/h8H,6-7H2,1-5H3/t8-/m0/s1. The molecule has 0 unspecified atom stereocenters. The van der Waals surface area contributed by atoms with Crippen molar-refractivity contribution >= 4 is 0 Å². The van der Waals surface area contributed by atoms with Gasteiger partial charge in [0.2, 0.25) is 0 Å². The predicted molar refractivity (Wildman–Crippen MR) is 49.0 cm³/mol. The summed E-state index contributed by atoms with van der Waals surface area (Å²) in [6.07, 6.45) is 1.33. The Morgan fingerprint density at radius 1 is 1.25 bits per heavy atom. The highest BCUT2D eigenvalue weighted by Crippen LogP contribution is 2.32. The van der Waals surface area contributed by atoms with Gasteiger partial charge < -0.3 is 9.47 Å². The maximum atomic E-state index is 5.82. The van der Waals surface area contributed by atoms with Gasteiger partial charge in [0, 0.05) is 0 Å². The molecule has 1 aliphatic heterocycles. The van der Waals surface area contributed by atoms with Crippen molar-refractivity contribution in [3.63, 3.8) is 0 Å². The number of ether oxygens (including phenoxy) is 2. The summed E-state index contributed by atoms with van der Waals surface area (Å²) in [6, 6.07) is 0. The summed E-state index contributed by atoms with van der Waals surface area (Å²) in [5.41, 5.74) is 0.223. The first-order valence-electron chi connectivity index (χ1n) is 4.63. The maximum Gasteiger partial charge on any atom is 0.163 e. The zero-order valence-electron chi connectivity index (χ0n) is 8.81. The van der Waals surface area contributed by atoms with Crippen LogP contribution in [0.15, 0.2) is 0 Å². The monoisotopic (exact) mass is 172 g/mol. The lowest BCUT2D eigenvalue weighted by molar-refractivity contribution is -0.290. The van der Waals surface area contributed by atoms with Crippen molar-refractivity contribution in [2.75, 3.05) is 6.61 Å². The molecule has 0 bridgehead atoms. The second kappa shape index (κ2) is 3.00. The number of rotatable bonds is 0. The molecule has 1 fully saturated rings. The van der Waals surface area contributed by atoms with Gasteiger partial charge in [-0.15, -0.1) is 0 Å². The molecule has 1 rings (SSSR count). The highest BCUT2D eigenvalue weighted by Gasteiger charge is 2.35. The highest BCUT2D eigenvalue weighted by atomic mass is 16.7. The van der Waals surface area contributed by atoms with Gasteiger partial charge in [-0.2, -0.15) is 0 Å². The molecular weight excluding hydrogens is 152 g/mol. The molecule has 1 atom stereocenters. The second-order valence-electron chi connectivity index (χ2n) is 5.01. The third kappa shape index (κ3) is 2.46. The van der Waals surface area contributed by atoms with Crippen molar-refractivity contribution in [2.24, 2.45) is 5.41 Å². The van der Waals surface area contributed by atoms with Crippen molar-refractivity contribution in [3.05, 3.63) is 0 Å². The second-order valence-corrected chi connectivity index (χ2v) is 5.01. The van der Waals surface area contributed by atoms with Crippen LogP contribution in [0.2, 0.25) is 0 Å². The van der Waals surface area contributed by atoms with Crippen LogP contribution in [0.3, 0.4) is 0 Å². The van der Waals surface area contributed by atoms with Crippen molar-refractivity contribution in [3.8, 4) is 0 Å². The van der Waals surface area contributed by atoms with Crippen LogP contribution in [0, 0.1) is 5.41 Å². The van der Waals surface area contributed by atoms with Gasteiger partial charge in [-0.3, -0.25) is 0 Å². The van der Waals surface area contributed by atoms with E-state index < -0.39 is 5.79 Å². The molecule has 0 amide bonds. The first kappa shape index (κ1) is 10.0. The normalized spacial score (nSPS) is 30.2. The summed E-state index contributed by atoms with van der Waals surface area (Å²) in [5, 5.41) is 0. The van der Waals surface area contributed by atoms with Crippen LogP contribution >= 0.6 is 0 Å². The van der Waals surface area contributed by atoms with Crippen molar-refractivity contribution in [2.45, 2.75) is 52.9 Å². The largest absolute Gasteiger partial charge is 0.350 e. The van der Waals surface area contributed by atoms with E-state index in [-0.39, 0.29) is 5.41 Å². The van der Waals surface area contributed by atoms with E-state index in [1.54, 1.807) is 0 Å². The Labute approximate surface area is 75.2 Å². The molecule has 0 aromatic carbocycles. The Morgan fingerprint density at radius 3 is 2.17 bits per heavy atom. The third-order valence-corrected chi connectivity index (χ3v) is 2.22. The molecule has 1 aliphatic rings. The van der Waals surface area contributed by atoms with E-state index in [0.29, 0.717) is 6.10 Å². The van der Waals surface area contributed by atoms with E-state index in [0.717, 1.165) is 13.0 Å². The smallest absolute Gasteiger partial charge is 0.163 e. The average Bonchev–Trinajstić information content (AvgIpc) is 1.83. The highest BCUT2D eigenvalue weighted by molar-refractivity contribution is 4.79. The van der Waals surface area contributed by atoms with Crippen LogP contribution < -0.4 is 0 Å². The summed E-state index contributed by atoms with van der Waals surface area (Å²) >= 11 is 0. The summed E-state index contributed by atoms with van der Waals surface area (Å²) < 4.78 is 11.3. The molecule has 0 aromatic heterocycles. The topological polar surface area (TPSA) is 18.5 Å². The summed E-state index contributed by atoms with van der Waals surface area (Å²) in [7, 11) is 0. The van der Waals surface area contributed by atoms with E-state index in [2.05, 4.69) is 20.8 Å². The lowest BCUT2D eigenvalue weighted by Gasteiger charge is -2.41. The van der Waals surface area contributed by atoms with Gasteiger partial charge in [0.15, 0.2) is 5.79 Å². The molecule has 1 saturated heterocycles. The SMILES string of the molecule is CC1(C)OCC[C@@H](C(C)(C)C)O1. The molecule has 0 spiro atoms. The predicted octanol–water partition coefficient (Wildman–Crippen LogP) is 2.57. The van der Waals surface area contributed by atoms with Gasteiger partial charge in [-0.05, 0) is 25.7 Å². The van der Waals surface area contributed by atoms with Gasteiger partial charge in [0.1, 0.15) is 0 Å². The lowest BCUT2D eigenvalue weighted by atomic mass is 9.86. The minimum atomic E-state index is -0.393. The van der Waals surface area contributed by atoms with Crippen LogP contribution in [0.5, 0.6) is 0 Å². The molecule has 12 heavy (non-hydrogen) atoms. The van der Waals surface area contributed by atoms with Crippen LogP contribution in [-0.2, 0) is 9.47 Å². The van der Waals surface area contributed by atoms with Crippen LogP contribution in [0.1, 0.15) is 41.0 Å². The first-order chi connectivity index (χ1) is 5.31. The molecule has 72 valence electrons. The van der Waals surface area contributed by atoms with E-state index in [9.17, 15) is 0 Å². The fourth-order valence-electron chi connectivity index (χ4n) is 1.46. The molecular formula is C10H20O2. The van der Waals surface area contributed by atoms with E-state index in [4.69, 9.17) is 9.47 Å². The molecule has 2 heteroatoms. The van der Waals surface area contributed by atoms with E-state index in [1.165, 1.54) is 0 Å². The molecule has 0 saturated carbocycles. The van der Waals surface area contributed by atoms with Crippen LogP contribution in [0.4, 0.5) is 0 Å². The summed E-state index contributed by atoms with van der Waals surface area (Å²) in [5.74, 6) is -0.393. The van der Waals surface area contributed by atoms with Gasteiger partial charge >= 0.3 is 0 Å². The fraction of sp³-hybridized carbons (Fsp3) is 1.00. The number of hydrogen-bond acceptors (Lipinski definition) is 2. The molecule has 0 aromatic rings. The maximum absolute atomic E-state index is 5.82. The Balaban J connectivity index is 2.58. The minimum absolute atomic E-state index is 0.223. The molecule has 2 nitrogen and oxygen atoms in total. The lowest BCUT2D eigenvalue weighted by Crippen LogP contribution is -2.45. The van der Waals surface area contributed by atoms with Crippen molar-refractivity contribution < 1.29 is 9.47 Å². The first-order valence-corrected chi connectivity index (χ1v) is 4.63. The third-order valence-electron chi connectivity index (χ3n) is 2.22. The van der Waals surface area contributed by atoms with Gasteiger partial charge in [-0.1, -0.05) is 20.8 Å². The number of hydrogen-bond donors (Lipinski definition) is 0. The average molecular weight is 172 g/mol. The van der Waals surface area contributed by atoms with Crippen LogP contribution in [0.25, 0.3) is 0 Å². The Morgan fingerprint density at radius 2 is 1.83 bits per heavy atom. The summed E-state index contributed by atoms with van der Waals surface area (Å²) in [6.45, 7) is 11.4. The molecule has 0 aliphatic carbocycles. The van der Waals surface area contributed by atoms with Crippen molar-refractivity contribution in [1.29, 1.82) is 0 Å².